The van der Waals surface area contributed by atoms with Crippen LogP contribution in [0.2, 0.25) is 0 Å². The van der Waals surface area contributed by atoms with Crippen LogP contribution < -0.4 is 5.32 Å². The second kappa shape index (κ2) is 7.28. The molecular formula is C18H17N3O2S. The van der Waals surface area contributed by atoms with Gasteiger partial charge in [-0.25, -0.2) is 0 Å². The normalized spacial score (nSPS) is 16.6. The predicted octanol–water partition coefficient (Wildman–Crippen LogP) is 2.71. The average Bonchev–Trinajstić information content (AvgIpc) is 3.30. The lowest BCUT2D eigenvalue weighted by atomic mass is 10.1. The van der Waals surface area contributed by atoms with Crippen LogP contribution in [0.25, 0.3) is 0 Å². The largest absolute Gasteiger partial charge is 0.343 e. The molecule has 24 heavy (non-hydrogen) atoms. The van der Waals surface area contributed by atoms with Crippen molar-refractivity contribution in [2.45, 2.75) is 18.9 Å². The van der Waals surface area contributed by atoms with E-state index < -0.39 is 0 Å². The van der Waals surface area contributed by atoms with Gasteiger partial charge in [-0.05, 0) is 59.5 Å². The fourth-order valence-electron chi connectivity index (χ4n) is 2.93. The van der Waals surface area contributed by atoms with Gasteiger partial charge in [-0.1, -0.05) is 0 Å². The number of amides is 2. The molecule has 1 unspecified atom stereocenters. The van der Waals surface area contributed by atoms with Crippen molar-refractivity contribution >= 4 is 23.2 Å². The summed E-state index contributed by atoms with van der Waals surface area (Å²) in [7, 11) is 0. The highest BCUT2D eigenvalue weighted by molar-refractivity contribution is 7.08. The van der Waals surface area contributed by atoms with Crippen LogP contribution >= 0.6 is 11.3 Å². The number of hydrogen-bond donors (Lipinski definition) is 1. The Hall–Kier alpha value is -2.65. The smallest absolute Gasteiger partial charge is 0.251 e. The number of nitrogens with one attached hydrogen (secondary N) is 1. The molecule has 122 valence electrons. The summed E-state index contributed by atoms with van der Waals surface area (Å²) >= 11 is 1.63. The van der Waals surface area contributed by atoms with Crippen LogP contribution in [0, 0.1) is 11.3 Å². The molecule has 1 atom stereocenters. The highest BCUT2D eigenvalue weighted by Gasteiger charge is 2.30. The Morgan fingerprint density at radius 3 is 2.75 bits per heavy atom. The molecule has 1 aromatic heterocycles. The molecule has 1 aromatic carbocycles. The molecule has 1 saturated heterocycles. The number of carbonyl (C=O) groups is 2. The Bertz CT molecular complexity index is 763. The second-order valence-electron chi connectivity index (χ2n) is 5.67. The van der Waals surface area contributed by atoms with Crippen molar-refractivity contribution in [3.8, 4) is 6.07 Å². The topological polar surface area (TPSA) is 73.2 Å². The molecular weight excluding hydrogens is 322 g/mol. The van der Waals surface area contributed by atoms with Gasteiger partial charge >= 0.3 is 0 Å². The summed E-state index contributed by atoms with van der Waals surface area (Å²) in [5.74, 6) is -0.371. The first-order valence-corrected chi connectivity index (χ1v) is 8.73. The summed E-state index contributed by atoms with van der Waals surface area (Å²) in [5, 5.41) is 15.5. The molecule has 0 saturated carbocycles. The number of nitriles is 1. The van der Waals surface area contributed by atoms with Crippen LogP contribution in [-0.2, 0) is 4.79 Å². The summed E-state index contributed by atoms with van der Waals surface area (Å²) in [6.45, 7) is 0.714. The van der Waals surface area contributed by atoms with Crippen LogP contribution in [0.3, 0.4) is 0 Å². The minimum atomic E-state index is -0.306. The maximum atomic E-state index is 12.5. The van der Waals surface area contributed by atoms with Gasteiger partial charge in [0.05, 0.1) is 24.2 Å². The summed E-state index contributed by atoms with van der Waals surface area (Å²) in [6.07, 6.45) is 1.95. The third-order valence-electron chi connectivity index (χ3n) is 4.18. The Morgan fingerprint density at radius 1 is 1.29 bits per heavy atom. The van der Waals surface area contributed by atoms with Crippen molar-refractivity contribution < 1.29 is 9.59 Å². The van der Waals surface area contributed by atoms with E-state index >= 15 is 0 Å². The summed E-state index contributed by atoms with van der Waals surface area (Å²) in [6, 6.07) is 10.5. The minimum Gasteiger partial charge on any atom is -0.343 e. The van der Waals surface area contributed by atoms with Gasteiger partial charge < -0.3 is 10.2 Å². The first-order chi connectivity index (χ1) is 11.7. The van der Waals surface area contributed by atoms with Crippen LogP contribution in [0.4, 0.5) is 0 Å². The van der Waals surface area contributed by atoms with E-state index in [9.17, 15) is 9.59 Å². The SMILES string of the molecule is N#Cc1ccc(C(=O)NCC(=O)N2CCCC2c2ccsc2)cc1. The van der Waals surface area contributed by atoms with Crippen molar-refractivity contribution in [2.75, 3.05) is 13.1 Å². The number of carbonyl (C=O) groups excluding carboxylic acids is 2. The molecule has 0 aliphatic carbocycles. The van der Waals surface area contributed by atoms with Gasteiger partial charge in [-0.2, -0.15) is 16.6 Å². The van der Waals surface area contributed by atoms with Gasteiger partial charge in [0.2, 0.25) is 5.91 Å². The van der Waals surface area contributed by atoms with Crippen molar-refractivity contribution in [2.24, 2.45) is 0 Å². The number of thiophene rings is 1. The van der Waals surface area contributed by atoms with E-state index in [2.05, 4.69) is 16.8 Å². The third kappa shape index (κ3) is 3.47. The van der Waals surface area contributed by atoms with E-state index in [0.29, 0.717) is 11.1 Å². The lowest BCUT2D eigenvalue weighted by molar-refractivity contribution is -0.131. The molecule has 5 nitrogen and oxygen atoms in total. The molecule has 1 aliphatic heterocycles. The Labute approximate surface area is 144 Å². The molecule has 0 spiro atoms. The van der Waals surface area contributed by atoms with Gasteiger partial charge in [0.1, 0.15) is 0 Å². The van der Waals surface area contributed by atoms with E-state index in [-0.39, 0.29) is 24.4 Å². The standard InChI is InChI=1S/C18H17N3O2S/c19-10-13-3-5-14(6-4-13)18(23)20-11-17(22)21-8-1-2-16(21)15-7-9-24-12-15/h3-7,9,12,16H,1-2,8,11H2,(H,20,23). The van der Waals surface area contributed by atoms with E-state index in [1.54, 1.807) is 35.6 Å². The molecule has 1 N–H and O–H groups in total. The van der Waals surface area contributed by atoms with Gasteiger partial charge in [0.15, 0.2) is 0 Å². The Kier molecular flexibility index (Phi) is 4.92. The van der Waals surface area contributed by atoms with Gasteiger partial charge in [-0.3, -0.25) is 9.59 Å². The lowest BCUT2D eigenvalue weighted by Gasteiger charge is -2.24. The van der Waals surface area contributed by atoms with Crippen molar-refractivity contribution in [3.63, 3.8) is 0 Å². The molecule has 1 aliphatic rings. The number of rotatable bonds is 4. The third-order valence-corrected chi connectivity index (χ3v) is 4.88. The zero-order chi connectivity index (χ0) is 16.9. The maximum absolute atomic E-state index is 12.5. The minimum absolute atomic E-state index is 0.0144. The second-order valence-corrected chi connectivity index (χ2v) is 6.45. The molecule has 6 heteroatoms. The summed E-state index contributed by atoms with van der Waals surface area (Å²) in [5.41, 5.74) is 2.11. The van der Waals surface area contributed by atoms with Crippen LogP contribution in [0.1, 0.15) is 40.4 Å². The highest BCUT2D eigenvalue weighted by atomic mass is 32.1. The van der Waals surface area contributed by atoms with E-state index in [1.165, 1.54) is 5.56 Å². The van der Waals surface area contributed by atoms with Gasteiger partial charge in [0, 0.05) is 12.1 Å². The lowest BCUT2D eigenvalue weighted by Crippen LogP contribution is -2.39. The van der Waals surface area contributed by atoms with Crippen molar-refractivity contribution in [3.05, 3.63) is 57.8 Å². The Balaban J connectivity index is 1.58. The molecule has 2 heterocycles. The predicted molar refractivity (Wildman–Crippen MR) is 91.5 cm³/mol. The summed E-state index contributed by atoms with van der Waals surface area (Å²) in [4.78, 5) is 26.4. The van der Waals surface area contributed by atoms with E-state index in [4.69, 9.17) is 5.26 Å². The monoisotopic (exact) mass is 339 g/mol. The molecule has 1 fully saturated rings. The van der Waals surface area contributed by atoms with Gasteiger partial charge in [0.25, 0.3) is 5.91 Å². The number of nitrogens with zero attached hydrogens (tertiary/aromatic N) is 2. The molecule has 0 bridgehead atoms. The fraction of sp³-hybridized carbons (Fsp3) is 0.278. The quantitative estimate of drug-likeness (QED) is 0.931. The average molecular weight is 339 g/mol. The molecule has 0 radical (unpaired) electrons. The van der Waals surface area contributed by atoms with E-state index in [0.717, 1.165) is 19.4 Å². The zero-order valence-electron chi connectivity index (χ0n) is 13.1. The maximum Gasteiger partial charge on any atom is 0.251 e. The molecule has 2 amide bonds. The number of hydrogen-bond acceptors (Lipinski definition) is 4. The zero-order valence-corrected chi connectivity index (χ0v) is 13.9. The van der Waals surface area contributed by atoms with Crippen LogP contribution in [-0.4, -0.2) is 29.8 Å². The van der Waals surface area contributed by atoms with Gasteiger partial charge in [-0.15, -0.1) is 0 Å². The molecule has 2 aromatic rings. The van der Waals surface area contributed by atoms with Crippen molar-refractivity contribution in [1.82, 2.24) is 10.2 Å². The van der Waals surface area contributed by atoms with Crippen LogP contribution in [0.15, 0.2) is 41.1 Å². The highest BCUT2D eigenvalue weighted by Crippen LogP contribution is 2.32. The van der Waals surface area contributed by atoms with Crippen molar-refractivity contribution in [1.29, 1.82) is 5.26 Å². The Morgan fingerprint density at radius 2 is 2.08 bits per heavy atom. The summed E-state index contributed by atoms with van der Waals surface area (Å²) < 4.78 is 0. The number of likely N-dealkylation sites (tertiary alicyclic amines) is 1. The van der Waals surface area contributed by atoms with E-state index in [1.807, 2.05) is 16.3 Å². The fourth-order valence-corrected chi connectivity index (χ4v) is 3.64. The number of benzene rings is 1. The molecule has 3 rings (SSSR count). The first kappa shape index (κ1) is 16.2. The first-order valence-electron chi connectivity index (χ1n) is 7.79. The van der Waals surface area contributed by atoms with Crippen LogP contribution in [0.5, 0.6) is 0 Å².